The summed E-state index contributed by atoms with van der Waals surface area (Å²) in [4.78, 5) is 11.8. The van der Waals surface area contributed by atoms with Gasteiger partial charge in [-0.2, -0.15) is 0 Å². The van der Waals surface area contributed by atoms with Gasteiger partial charge in [0.15, 0.2) is 5.76 Å². The predicted octanol–water partition coefficient (Wildman–Crippen LogP) is 2.01. The Morgan fingerprint density at radius 1 is 1.59 bits per heavy atom. The average Bonchev–Trinajstić information content (AvgIpc) is 2.81. The van der Waals surface area contributed by atoms with Gasteiger partial charge in [0.25, 0.3) is 5.91 Å². The zero-order valence-corrected chi connectivity index (χ0v) is 11.1. The molecule has 90 valence electrons. The van der Waals surface area contributed by atoms with Crippen LogP contribution < -0.4 is 5.32 Å². The molecule has 0 saturated carbocycles. The van der Waals surface area contributed by atoms with Crippen molar-refractivity contribution in [1.29, 1.82) is 0 Å². The van der Waals surface area contributed by atoms with Crippen molar-refractivity contribution in [1.82, 2.24) is 15.0 Å². The maximum Gasteiger partial charge on any atom is 0.268 e. The highest BCUT2D eigenvalue weighted by molar-refractivity contribution is 9.10. The normalized spacial score (nSPS) is 10.5. The van der Waals surface area contributed by atoms with Gasteiger partial charge in [0.2, 0.25) is 0 Å². The van der Waals surface area contributed by atoms with Crippen LogP contribution in [0.25, 0.3) is 0 Å². The zero-order valence-electron chi connectivity index (χ0n) is 9.53. The highest BCUT2D eigenvalue weighted by atomic mass is 79.9. The summed E-state index contributed by atoms with van der Waals surface area (Å²) in [5, 5.41) is 6.52. The number of amides is 1. The predicted molar refractivity (Wildman–Crippen MR) is 65.5 cm³/mol. The van der Waals surface area contributed by atoms with Crippen LogP contribution in [0, 0.1) is 6.92 Å². The highest BCUT2D eigenvalue weighted by Gasteiger charge is 2.11. The highest BCUT2D eigenvalue weighted by Crippen LogP contribution is 2.13. The maximum absolute atomic E-state index is 11.8. The van der Waals surface area contributed by atoms with Crippen molar-refractivity contribution >= 4 is 21.8 Å². The second-order valence-corrected chi connectivity index (χ2v) is 4.69. The van der Waals surface area contributed by atoms with Crippen LogP contribution in [-0.4, -0.2) is 15.6 Å². The monoisotopic (exact) mass is 297 g/mol. The lowest BCUT2D eigenvalue weighted by atomic mass is 10.3. The first-order valence-electron chi connectivity index (χ1n) is 5.08. The Kier molecular flexibility index (Phi) is 3.33. The van der Waals surface area contributed by atoms with Crippen molar-refractivity contribution in [3.63, 3.8) is 0 Å². The smallest absolute Gasteiger partial charge is 0.268 e. The average molecular weight is 298 g/mol. The molecule has 0 atom stereocenters. The van der Waals surface area contributed by atoms with Crippen molar-refractivity contribution in [2.75, 3.05) is 0 Å². The number of aryl methyl sites for hydroxylation is 2. The third-order valence-corrected chi connectivity index (χ3v) is 2.74. The van der Waals surface area contributed by atoms with E-state index in [9.17, 15) is 4.79 Å². The lowest BCUT2D eigenvalue weighted by Gasteiger charge is -2.03. The number of halogens is 1. The third kappa shape index (κ3) is 2.76. The van der Waals surface area contributed by atoms with E-state index in [-0.39, 0.29) is 5.91 Å². The molecule has 1 N–H and O–H groups in total. The quantitative estimate of drug-likeness (QED) is 0.943. The van der Waals surface area contributed by atoms with Gasteiger partial charge in [-0.3, -0.25) is 4.79 Å². The summed E-state index contributed by atoms with van der Waals surface area (Å²) in [5.74, 6) is 0.497. The Hall–Kier alpha value is -1.56. The van der Waals surface area contributed by atoms with Gasteiger partial charge in [0.05, 0.1) is 12.2 Å². The molecule has 0 saturated heterocycles. The summed E-state index contributed by atoms with van der Waals surface area (Å²) < 4.78 is 7.64. The molecule has 5 nitrogen and oxygen atoms in total. The molecule has 0 unspecified atom stereocenters. The molecule has 2 aromatic heterocycles. The number of nitrogens with zero attached hydrogens (tertiary/aromatic N) is 2. The molecular weight excluding hydrogens is 286 g/mol. The molecule has 1 amide bonds. The molecule has 17 heavy (non-hydrogen) atoms. The van der Waals surface area contributed by atoms with Gasteiger partial charge in [-0.05, 0) is 28.9 Å². The van der Waals surface area contributed by atoms with Gasteiger partial charge >= 0.3 is 0 Å². The van der Waals surface area contributed by atoms with E-state index in [1.165, 1.54) is 0 Å². The van der Waals surface area contributed by atoms with Crippen LogP contribution >= 0.6 is 15.9 Å². The van der Waals surface area contributed by atoms with E-state index < -0.39 is 0 Å². The summed E-state index contributed by atoms with van der Waals surface area (Å²) in [6.45, 7) is 2.17. The van der Waals surface area contributed by atoms with Crippen LogP contribution in [0.5, 0.6) is 0 Å². The van der Waals surface area contributed by atoms with Gasteiger partial charge in [-0.25, -0.2) is 0 Å². The third-order valence-electron chi connectivity index (χ3n) is 2.30. The largest absolute Gasteiger partial charge is 0.359 e. The summed E-state index contributed by atoms with van der Waals surface area (Å²) in [5.41, 5.74) is 1.39. The second-order valence-electron chi connectivity index (χ2n) is 3.77. The van der Waals surface area contributed by atoms with E-state index in [0.29, 0.717) is 18.0 Å². The Bertz CT molecular complexity index is 545. The van der Waals surface area contributed by atoms with E-state index in [4.69, 9.17) is 4.52 Å². The molecule has 0 aliphatic heterocycles. The molecule has 2 rings (SSSR count). The molecule has 6 heteroatoms. The fourth-order valence-electron chi connectivity index (χ4n) is 1.51. The van der Waals surface area contributed by atoms with Crippen LogP contribution in [0.2, 0.25) is 0 Å². The minimum Gasteiger partial charge on any atom is -0.359 e. The van der Waals surface area contributed by atoms with Gasteiger partial charge in [-0.15, -0.1) is 0 Å². The fourth-order valence-corrected chi connectivity index (χ4v) is 2.03. The summed E-state index contributed by atoms with van der Waals surface area (Å²) in [6, 6.07) is 3.56. The van der Waals surface area contributed by atoms with Gasteiger partial charge in [0.1, 0.15) is 5.69 Å². The minimum atomic E-state index is -0.146. The zero-order chi connectivity index (χ0) is 12.4. The first-order chi connectivity index (χ1) is 8.06. The maximum atomic E-state index is 11.8. The number of aromatic nitrogens is 2. The van der Waals surface area contributed by atoms with Crippen molar-refractivity contribution in [2.24, 2.45) is 7.05 Å². The Morgan fingerprint density at radius 3 is 2.88 bits per heavy atom. The number of carbonyl (C=O) groups is 1. The van der Waals surface area contributed by atoms with Crippen LogP contribution in [-0.2, 0) is 13.6 Å². The molecular formula is C11H12BrN3O2. The van der Waals surface area contributed by atoms with E-state index >= 15 is 0 Å². The van der Waals surface area contributed by atoms with Crippen LogP contribution in [0.15, 0.2) is 27.3 Å². The molecule has 2 aromatic rings. The lowest BCUT2D eigenvalue weighted by molar-refractivity contribution is 0.0939. The Labute approximate surface area is 107 Å². The number of rotatable bonds is 3. The van der Waals surface area contributed by atoms with E-state index in [0.717, 1.165) is 10.2 Å². The van der Waals surface area contributed by atoms with Crippen LogP contribution in [0.3, 0.4) is 0 Å². The van der Waals surface area contributed by atoms with E-state index in [1.54, 1.807) is 16.7 Å². The number of hydrogen-bond donors (Lipinski definition) is 1. The summed E-state index contributed by atoms with van der Waals surface area (Å²) in [6.07, 6.45) is 1.83. The molecule has 0 radical (unpaired) electrons. The van der Waals surface area contributed by atoms with Crippen LogP contribution in [0.4, 0.5) is 0 Å². The van der Waals surface area contributed by atoms with E-state index in [1.807, 2.05) is 20.2 Å². The Balaban J connectivity index is 2.00. The topological polar surface area (TPSA) is 60.1 Å². The van der Waals surface area contributed by atoms with Crippen molar-refractivity contribution < 1.29 is 9.32 Å². The molecule has 2 heterocycles. The molecule has 0 aliphatic rings. The van der Waals surface area contributed by atoms with Crippen molar-refractivity contribution in [3.05, 3.63) is 40.0 Å². The van der Waals surface area contributed by atoms with E-state index in [2.05, 4.69) is 26.4 Å². The van der Waals surface area contributed by atoms with Gasteiger partial charge in [-0.1, -0.05) is 5.16 Å². The van der Waals surface area contributed by atoms with Crippen molar-refractivity contribution in [3.8, 4) is 0 Å². The molecule has 0 aliphatic carbocycles. The fraction of sp³-hybridized carbons (Fsp3) is 0.273. The first kappa shape index (κ1) is 11.9. The van der Waals surface area contributed by atoms with Gasteiger partial charge < -0.3 is 14.4 Å². The second kappa shape index (κ2) is 4.75. The number of carbonyl (C=O) groups excluding carboxylic acids is 1. The molecule has 0 bridgehead atoms. The van der Waals surface area contributed by atoms with Crippen molar-refractivity contribution in [2.45, 2.75) is 13.5 Å². The lowest BCUT2D eigenvalue weighted by Crippen LogP contribution is -2.24. The van der Waals surface area contributed by atoms with Crippen LogP contribution in [0.1, 0.15) is 21.9 Å². The molecule has 0 aromatic carbocycles. The Morgan fingerprint density at radius 2 is 2.35 bits per heavy atom. The number of nitrogens with one attached hydrogen (secondary N) is 1. The first-order valence-corrected chi connectivity index (χ1v) is 5.88. The summed E-state index contributed by atoms with van der Waals surface area (Å²) in [7, 11) is 1.82. The number of hydrogen-bond acceptors (Lipinski definition) is 3. The molecule has 0 spiro atoms. The molecule has 0 fully saturated rings. The summed E-state index contributed by atoms with van der Waals surface area (Å²) >= 11 is 3.32. The minimum absolute atomic E-state index is 0.146. The van der Waals surface area contributed by atoms with Gasteiger partial charge in [0, 0.05) is 23.8 Å². The SMILES string of the molecule is Cc1cc(CNC(=O)c2cc(Br)cn2C)on1. The standard InChI is InChI=1S/C11H12BrN3O2/c1-7-3-9(17-14-7)5-13-11(16)10-4-8(12)6-15(10)2/h3-4,6H,5H2,1-2H3,(H,13,16).